The van der Waals surface area contributed by atoms with Crippen LogP contribution >= 0.6 is 11.3 Å². The second-order valence-electron chi connectivity index (χ2n) is 6.99. The summed E-state index contributed by atoms with van der Waals surface area (Å²) in [5, 5.41) is 2.03. The van der Waals surface area contributed by atoms with Crippen molar-refractivity contribution in [3.8, 4) is 0 Å². The van der Waals surface area contributed by atoms with Crippen LogP contribution in [0.4, 0.5) is 5.82 Å². The molecule has 0 aromatic carbocycles. The van der Waals surface area contributed by atoms with Gasteiger partial charge >= 0.3 is 5.82 Å². The van der Waals surface area contributed by atoms with E-state index in [1.165, 1.54) is 4.88 Å². The van der Waals surface area contributed by atoms with Crippen molar-refractivity contribution in [3.63, 3.8) is 0 Å². The lowest BCUT2D eigenvalue weighted by molar-refractivity contribution is -0.684. The number of hydrogen-bond donors (Lipinski definition) is 0. The Kier molecular flexibility index (Phi) is 5.14. The van der Waals surface area contributed by atoms with Gasteiger partial charge in [0.2, 0.25) is 0 Å². The van der Waals surface area contributed by atoms with Crippen molar-refractivity contribution in [1.29, 1.82) is 0 Å². The molecule has 7 heteroatoms. The van der Waals surface area contributed by atoms with Gasteiger partial charge in [-0.3, -0.25) is 0 Å². The van der Waals surface area contributed by atoms with Gasteiger partial charge in [0, 0.05) is 16.2 Å². The number of rotatable bonds is 6. The first-order valence-electron chi connectivity index (χ1n) is 8.46. The fourth-order valence-electron chi connectivity index (χ4n) is 2.98. The molecular formula is C19H22N2O3S2. The Morgan fingerprint density at radius 3 is 2.77 bits per heavy atom. The summed E-state index contributed by atoms with van der Waals surface area (Å²) in [6, 6.07) is 6.20. The van der Waals surface area contributed by atoms with Gasteiger partial charge in [0.05, 0.1) is 33.8 Å². The Balaban J connectivity index is 1.96. The predicted octanol–water partition coefficient (Wildman–Crippen LogP) is 3.52. The highest BCUT2D eigenvalue weighted by molar-refractivity contribution is 7.85. The van der Waals surface area contributed by atoms with Gasteiger partial charge < -0.3 is 4.55 Å². The SMILES string of the molecule is CC1=Nc2c(cc(/C=C/c3cccs3)c[n+]2CCCS(=O)(=O)[O-])C1(C)C. The fraction of sp³-hybridized carbons (Fsp3) is 0.368. The van der Waals surface area contributed by atoms with Gasteiger partial charge in [0.25, 0.3) is 0 Å². The monoisotopic (exact) mass is 390 g/mol. The number of aryl methyl sites for hydroxylation is 1. The first-order chi connectivity index (χ1) is 12.2. The minimum atomic E-state index is -4.20. The third-order valence-corrected chi connectivity index (χ3v) is 6.38. The van der Waals surface area contributed by atoms with E-state index in [1.54, 1.807) is 11.3 Å². The zero-order chi connectivity index (χ0) is 18.9. The molecule has 2 aromatic heterocycles. The van der Waals surface area contributed by atoms with E-state index in [1.807, 2.05) is 29.1 Å². The Hall–Kier alpha value is -1.83. The van der Waals surface area contributed by atoms with Crippen LogP contribution in [0.2, 0.25) is 0 Å². The number of pyridine rings is 1. The zero-order valence-corrected chi connectivity index (χ0v) is 16.7. The van der Waals surface area contributed by atoms with Gasteiger partial charge in [-0.25, -0.2) is 13.0 Å². The summed E-state index contributed by atoms with van der Waals surface area (Å²) in [6.07, 6.45) is 6.36. The third-order valence-electron chi connectivity index (χ3n) is 4.76. The van der Waals surface area contributed by atoms with E-state index in [2.05, 4.69) is 38.1 Å². The molecule has 0 fully saturated rings. The van der Waals surface area contributed by atoms with E-state index in [0.717, 1.165) is 22.7 Å². The molecule has 1 aliphatic rings. The number of thiophene rings is 1. The number of aromatic nitrogens is 1. The zero-order valence-electron chi connectivity index (χ0n) is 15.1. The van der Waals surface area contributed by atoms with Crippen LogP contribution in [-0.4, -0.2) is 24.4 Å². The lowest BCUT2D eigenvalue weighted by Gasteiger charge is -2.17. The second-order valence-corrected chi connectivity index (χ2v) is 9.49. The van der Waals surface area contributed by atoms with Crippen molar-refractivity contribution < 1.29 is 17.5 Å². The van der Waals surface area contributed by atoms with E-state index in [0.29, 0.717) is 6.54 Å². The van der Waals surface area contributed by atoms with Crippen molar-refractivity contribution in [1.82, 2.24) is 0 Å². The van der Waals surface area contributed by atoms with Crippen LogP contribution in [-0.2, 0) is 22.1 Å². The average molecular weight is 391 g/mol. The lowest BCUT2D eigenvalue weighted by atomic mass is 9.82. The van der Waals surface area contributed by atoms with E-state index >= 15 is 0 Å². The maximum absolute atomic E-state index is 10.9. The molecule has 1 aliphatic heterocycles. The highest BCUT2D eigenvalue weighted by Gasteiger charge is 2.41. The maximum Gasteiger partial charge on any atom is 0.327 e. The molecule has 0 unspecified atom stereocenters. The summed E-state index contributed by atoms with van der Waals surface area (Å²) in [4.78, 5) is 5.87. The van der Waals surface area contributed by atoms with Gasteiger partial charge in [-0.15, -0.1) is 11.3 Å². The first-order valence-corrected chi connectivity index (χ1v) is 10.9. The molecule has 138 valence electrons. The Morgan fingerprint density at radius 2 is 2.12 bits per heavy atom. The highest BCUT2D eigenvalue weighted by atomic mass is 32.2. The van der Waals surface area contributed by atoms with E-state index in [9.17, 15) is 13.0 Å². The molecule has 5 nitrogen and oxygen atoms in total. The molecule has 0 bridgehead atoms. The van der Waals surface area contributed by atoms with Crippen molar-refractivity contribution in [3.05, 3.63) is 45.8 Å². The molecule has 0 atom stereocenters. The van der Waals surface area contributed by atoms with Gasteiger partial charge in [-0.2, -0.15) is 0 Å². The summed E-state index contributed by atoms with van der Waals surface area (Å²) >= 11 is 1.67. The Bertz CT molecular complexity index is 972. The molecule has 0 saturated carbocycles. The van der Waals surface area contributed by atoms with Crippen molar-refractivity contribution in [2.24, 2.45) is 4.99 Å². The fourth-order valence-corrected chi connectivity index (χ4v) is 4.08. The van der Waals surface area contributed by atoms with Crippen LogP contribution in [0.1, 0.15) is 43.2 Å². The quantitative estimate of drug-likeness (QED) is 0.559. The number of nitrogens with zero attached hydrogens (tertiary/aromatic N) is 2. The third kappa shape index (κ3) is 4.11. The average Bonchev–Trinajstić information content (AvgIpc) is 3.13. The van der Waals surface area contributed by atoms with Crippen molar-refractivity contribution in [2.75, 3.05) is 5.75 Å². The topological polar surface area (TPSA) is 73.4 Å². The summed E-state index contributed by atoms with van der Waals surface area (Å²) in [7, 11) is -4.20. The van der Waals surface area contributed by atoms with Crippen LogP contribution in [0.15, 0.2) is 34.8 Å². The summed E-state index contributed by atoms with van der Waals surface area (Å²) in [5.74, 6) is 0.486. The first kappa shape index (κ1) is 18.9. The van der Waals surface area contributed by atoms with Crippen LogP contribution in [0.3, 0.4) is 0 Å². The van der Waals surface area contributed by atoms with E-state index in [4.69, 9.17) is 4.99 Å². The number of fused-ring (bicyclic) bond motifs is 1. The Labute approximate surface area is 158 Å². The van der Waals surface area contributed by atoms with Crippen LogP contribution in [0.25, 0.3) is 12.2 Å². The van der Waals surface area contributed by atoms with Gasteiger partial charge in [0.15, 0.2) is 0 Å². The van der Waals surface area contributed by atoms with Crippen LogP contribution < -0.4 is 4.57 Å². The molecule has 3 heterocycles. The minimum absolute atomic E-state index is 0.172. The Morgan fingerprint density at radius 1 is 1.35 bits per heavy atom. The minimum Gasteiger partial charge on any atom is -0.748 e. The van der Waals surface area contributed by atoms with Crippen LogP contribution in [0, 0.1) is 0 Å². The summed E-state index contributed by atoms with van der Waals surface area (Å²) < 4.78 is 34.7. The van der Waals surface area contributed by atoms with Crippen molar-refractivity contribution in [2.45, 2.75) is 39.2 Å². The molecule has 0 saturated heterocycles. The van der Waals surface area contributed by atoms with Gasteiger partial charge in [-0.05, 0) is 61.8 Å². The highest BCUT2D eigenvalue weighted by Crippen LogP contribution is 2.38. The molecule has 0 N–H and O–H groups in total. The normalized spacial score (nSPS) is 16.1. The summed E-state index contributed by atoms with van der Waals surface area (Å²) in [5.41, 5.74) is 3.00. The molecule has 0 aliphatic carbocycles. The molecule has 26 heavy (non-hydrogen) atoms. The van der Waals surface area contributed by atoms with E-state index in [-0.39, 0.29) is 17.6 Å². The molecule has 0 spiro atoms. The van der Waals surface area contributed by atoms with Gasteiger partial charge in [-0.1, -0.05) is 6.07 Å². The standard InChI is InChI=1S/C19H22N2O3S2/c1-14-19(2,3)17-12-15(7-8-16-6-4-10-25-16)13-21(18(17)20-14)9-5-11-26(22,23)24/h4,6-8,10,12-13H,5,9,11H2,1-3H3/b8-7+. The number of aliphatic imine (C=N–C) groups is 1. The largest absolute Gasteiger partial charge is 0.748 e. The van der Waals surface area contributed by atoms with Crippen molar-refractivity contribution >= 4 is 45.1 Å². The van der Waals surface area contributed by atoms with Gasteiger partial charge in [0.1, 0.15) is 5.71 Å². The molecule has 0 amide bonds. The predicted molar refractivity (Wildman–Crippen MR) is 105 cm³/mol. The van der Waals surface area contributed by atoms with E-state index < -0.39 is 10.1 Å². The smallest absolute Gasteiger partial charge is 0.327 e. The number of hydrogen-bond acceptors (Lipinski definition) is 5. The summed E-state index contributed by atoms with van der Waals surface area (Å²) in [6.45, 7) is 6.72. The second kappa shape index (κ2) is 7.06. The lowest BCUT2D eigenvalue weighted by Crippen LogP contribution is -2.36. The molecule has 3 rings (SSSR count). The maximum atomic E-state index is 10.9. The molecular weight excluding hydrogens is 368 g/mol. The van der Waals surface area contributed by atoms with Crippen LogP contribution in [0.5, 0.6) is 0 Å². The molecule has 0 radical (unpaired) electrons. The molecule has 2 aromatic rings.